The maximum absolute atomic E-state index is 12.1. The van der Waals surface area contributed by atoms with Gasteiger partial charge in [0.2, 0.25) is 0 Å². The Morgan fingerprint density at radius 1 is 1.45 bits per heavy atom. The lowest BCUT2D eigenvalue weighted by molar-refractivity contribution is 0.0941. The number of aliphatic hydroxyl groups excluding tert-OH is 1. The van der Waals surface area contributed by atoms with Gasteiger partial charge in [-0.1, -0.05) is 36.7 Å². The number of fused-ring (bicyclic) bond motifs is 1. The Labute approximate surface area is 122 Å². The van der Waals surface area contributed by atoms with Gasteiger partial charge in [0, 0.05) is 18.5 Å². The number of nitrogens with one attached hydrogen (secondary N) is 1. The molecule has 0 radical (unpaired) electrons. The van der Waals surface area contributed by atoms with Crippen molar-refractivity contribution >= 4 is 28.4 Å². The van der Waals surface area contributed by atoms with E-state index in [0.29, 0.717) is 29.2 Å². The summed E-state index contributed by atoms with van der Waals surface area (Å²) in [5.74, 6) is -0.0256. The minimum atomic E-state index is -0.248. The number of aromatic nitrogens is 1. The number of aliphatic hydroxyl groups is 1. The molecule has 0 aliphatic heterocycles. The lowest BCUT2D eigenvalue weighted by atomic mass is 10.1. The third-order valence-electron chi connectivity index (χ3n) is 3.13. The zero-order valence-corrected chi connectivity index (χ0v) is 12.0. The second-order valence-corrected chi connectivity index (χ2v) is 5.24. The molecule has 1 amide bonds. The molecule has 106 valence electrons. The van der Waals surface area contributed by atoms with E-state index in [-0.39, 0.29) is 18.4 Å². The molecule has 2 rings (SSSR count). The molecular formula is C15H17ClN2O2. The molecule has 1 unspecified atom stereocenters. The lowest BCUT2D eigenvalue weighted by Crippen LogP contribution is -2.29. The molecule has 0 aliphatic rings. The number of rotatable bonds is 5. The predicted octanol–water partition coefficient (Wildman–Crippen LogP) is 2.64. The smallest absolute Gasteiger partial charge is 0.269 e. The highest BCUT2D eigenvalue weighted by atomic mass is 35.5. The van der Waals surface area contributed by atoms with Crippen LogP contribution in [0, 0.1) is 5.92 Å². The van der Waals surface area contributed by atoms with Crippen LogP contribution in [0.1, 0.15) is 23.8 Å². The first-order chi connectivity index (χ1) is 9.61. The molecule has 2 N–H and O–H groups in total. The monoisotopic (exact) mass is 292 g/mol. The Morgan fingerprint density at radius 3 is 2.95 bits per heavy atom. The van der Waals surface area contributed by atoms with Crippen molar-refractivity contribution in [3.8, 4) is 0 Å². The van der Waals surface area contributed by atoms with Crippen molar-refractivity contribution in [1.29, 1.82) is 0 Å². The highest BCUT2D eigenvalue weighted by Crippen LogP contribution is 2.22. The molecule has 2 aromatic rings. The van der Waals surface area contributed by atoms with Gasteiger partial charge in [-0.3, -0.25) is 4.79 Å². The lowest BCUT2D eigenvalue weighted by Gasteiger charge is -2.11. The molecule has 0 bridgehead atoms. The van der Waals surface area contributed by atoms with Gasteiger partial charge in [-0.15, -0.1) is 0 Å². The van der Waals surface area contributed by atoms with Gasteiger partial charge in [0.05, 0.1) is 10.5 Å². The summed E-state index contributed by atoms with van der Waals surface area (Å²) in [6.07, 6.45) is 0.659. The van der Waals surface area contributed by atoms with Crippen LogP contribution >= 0.6 is 11.6 Å². The minimum absolute atomic E-state index is 0.122. The summed E-state index contributed by atoms with van der Waals surface area (Å²) in [6, 6.07) is 9.01. The summed E-state index contributed by atoms with van der Waals surface area (Å²) < 4.78 is 0. The molecule has 0 saturated heterocycles. The summed E-state index contributed by atoms with van der Waals surface area (Å²) in [5.41, 5.74) is 1.01. The van der Waals surface area contributed by atoms with Crippen LogP contribution in [-0.2, 0) is 0 Å². The average Bonchev–Trinajstić information content (AvgIpc) is 2.45. The molecular weight excluding hydrogens is 276 g/mol. The van der Waals surface area contributed by atoms with E-state index in [1.54, 1.807) is 6.07 Å². The van der Waals surface area contributed by atoms with E-state index < -0.39 is 0 Å². The predicted molar refractivity (Wildman–Crippen MR) is 80.0 cm³/mol. The van der Waals surface area contributed by atoms with Crippen LogP contribution < -0.4 is 5.32 Å². The highest BCUT2D eigenvalue weighted by Gasteiger charge is 2.12. The number of hydrogen-bond donors (Lipinski definition) is 2. The average molecular weight is 293 g/mol. The van der Waals surface area contributed by atoms with E-state index in [0.717, 1.165) is 5.39 Å². The molecule has 1 atom stereocenters. The van der Waals surface area contributed by atoms with Gasteiger partial charge >= 0.3 is 0 Å². The zero-order chi connectivity index (χ0) is 14.5. The first-order valence-corrected chi connectivity index (χ1v) is 6.94. The molecule has 5 heteroatoms. The maximum atomic E-state index is 12.1. The van der Waals surface area contributed by atoms with E-state index in [1.807, 2.05) is 31.2 Å². The molecule has 20 heavy (non-hydrogen) atoms. The highest BCUT2D eigenvalue weighted by molar-refractivity contribution is 6.35. The molecule has 0 spiro atoms. The summed E-state index contributed by atoms with van der Waals surface area (Å²) in [6.45, 7) is 2.60. The Morgan fingerprint density at radius 2 is 2.20 bits per heavy atom. The number of carbonyl (C=O) groups excluding carboxylic acids is 1. The number of carbonyl (C=O) groups is 1. The summed E-state index contributed by atoms with van der Waals surface area (Å²) in [7, 11) is 0. The number of para-hydroxylation sites is 1. The van der Waals surface area contributed by atoms with E-state index in [2.05, 4.69) is 10.3 Å². The maximum Gasteiger partial charge on any atom is 0.269 e. The molecule has 4 nitrogen and oxygen atoms in total. The fraction of sp³-hybridized carbons (Fsp3) is 0.333. The van der Waals surface area contributed by atoms with Crippen LogP contribution in [0.25, 0.3) is 10.9 Å². The van der Waals surface area contributed by atoms with Crippen molar-refractivity contribution in [2.24, 2.45) is 5.92 Å². The zero-order valence-electron chi connectivity index (χ0n) is 11.3. The third kappa shape index (κ3) is 3.46. The van der Waals surface area contributed by atoms with Crippen LogP contribution in [0.3, 0.4) is 0 Å². The van der Waals surface area contributed by atoms with Gasteiger partial charge in [0.1, 0.15) is 5.69 Å². The van der Waals surface area contributed by atoms with Crippen LogP contribution in [-0.4, -0.2) is 29.1 Å². The minimum Gasteiger partial charge on any atom is -0.396 e. The summed E-state index contributed by atoms with van der Waals surface area (Å²) in [4.78, 5) is 16.4. The summed E-state index contributed by atoms with van der Waals surface area (Å²) in [5, 5.41) is 13.0. The number of nitrogens with zero attached hydrogens (tertiary/aromatic N) is 1. The standard InChI is InChI=1S/C15H17ClN2O2/c1-10(6-7-19)9-17-15(20)14-8-12(16)11-4-2-3-5-13(11)18-14/h2-5,8,10,19H,6-7,9H2,1H3,(H,17,20). The van der Waals surface area contributed by atoms with Crippen LogP contribution in [0.15, 0.2) is 30.3 Å². The normalized spacial score (nSPS) is 12.3. The molecule has 0 aliphatic carbocycles. The van der Waals surface area contributed by atoms with Gasteiger partial charge in [0.25, 0.3) is 5.91 Å². The number of amides is 1. The van der Waals surface area contributed by atoms with Crippen LogP contribution in [0.2, 0.25) is 5.02 Å². The fourth-order valence-electron chi connectivity index (χ4n) is 1.93. The van der Waals surface area contributed by atoms with Crippen molar-refractivity contribution in [2.45, 2.75) is 13.3 Å². The Balaban J connectivity index is 2.14. The molecule has 0 fully saturated rings. The van der Waals surface area contributed by atoms with Crippen molar-refractivity contribution in [2.75, 3.05) is 13.2 Å². The van der Waals surface area contributed by atoms with E-state index in [1.165, 1.54) is 0 Å². The van der Waals surface area contributed by atoms with Gasteiger partial charge in [0.15, 0.2) is 0 Å². The van der Waals surface area contributed by atoms with Crippen molar-refractivity contribution in [1.82, 2.24) is 10.3 Å². The van der Waals surface area contributed by atoms with Crippen LogP contribution in [0.4, 0.5) is 0 Å². The fourth-order valence-corrected chi connectivity index (χ4v) is 2.19. The van der Waals surface area contributed by atoms with E-state index in [4.69, 9.17) is 16.7 Å². The largest absolute Gasteiger partial charge is 0.396 e. The first-order valence-electron chi connectivity index (χ1n) is 6.56. The van der Waals surface area contributed by atoms with E-state index in [9.17, 15) is 4.79 Å². The second kappa shape index (κ2) is 6.68. The van der Waals surface area contributed by atoms with Gasteiger partial charge in [-0.05, 0) is 24.5 Å². The number of halogens is 1. The quantitative estimate of drug-likeness (QED) is 0.890. The molecule has 0 saturated carbocycles. The summed E-state index contributed by atoms with van der Waals surface area (Å²) >= 11 is 6.17. The van der Waals surface area contributed by atoms with Crippen molar-refractivity contribution in [3.63, 3.8) is 0 Å². The van der Waals surface area contributed by atoms with Crippen molar-refractivity contribution in [3.05, 3.63) is 41.0 Å². The third-order valence-corrected chi connectivity index (χ3v) is 3.44. The van der Waals surface area contributed by atoms with Gasteiger partial charge < -0.3 is 10.4 Å². The SMILES string of the molecule is CC(CCO)CNC(=O)c1cc(Cl)c2ccccc2n1. The molecule has 1 heterocycles. The topological polar surface area (TPSA) is 62.2 Å². The van der Waals surface area contributed by atoms with E-state index >= 15 is 0 Å². The number of benzene rings is 1. The van der Waals surface area contributed by atoms with Gasteiger partial charge in [-0.2, -0.15) is 0 Å². The van der Waals surface area contributed by atoms with Crippen molar-refractivity contribution < 1.29 is 9.90 Å². The number of pyridine rings is 1. The van der Waals surface area contributed by atoms with Gasteiger partial charge in [-0.25, -0.2) is 4.98 Å². The second-order valence-electron chi connectivity index (χ2n) is 4.83. The first kappa shape index (κ1) is 14.8. The Kier molecular flexibility index (Phi) is 4.93. The Hall–Kier alpha value is -1.65. The molecule has 1 aromatic carbocycles. The van der Waals surface area contributed by atoms with Crippen LogP contribution in [0.5, 0.6) is 0 Å². The molecule has 1 aromatic heterocycles. The Bertz CT molecular complexity index is 616. The number of hydrogen-bond acceptors (Lipinski definition) is 3.